The topological polar surface area (TPSA) is 40.5 Å². The number of piperidine rings is 1. The molecule has 1 heterocycles. The molecule has 0 spiro atoms. The number of aliphatic hydroxyl groups is 1. The second kappa shape index (κ2) is 5.56. The molecule has 1 fully saturated rings. The minimum Gasteiger partial charge on any atom is -0.393 e. The standard InChI is InChI=1S/C10H18ClNO2/c1-8(13)9-3-2-6-12(7-9)10(14)4-5-11/h8-9,13H,2-7H2,1H3. The fourth-order valence-electron chi connectivity index (χ4n) is 1.87. The van der Waals surface area contributed by atoms with E-state index in [1.54, 1.807) is 6.92 Å². The number of likely N-dealkylation sites (tertiary alicyclic amines) is 1. The van der Waals surface area contributed by atoms with Crippen molar-refractivity contribution in [3.05, 3.63) is 0 Å². The maximum Gasteiger partial charge on any atom is 0.223 e. The van der Waals surface area contributed by atoms with E-state index in [9.17, 15) is 9.90 Å². The number of aliphatic hydroxyl groups excluding tert-OH is 1. The van der Waals surface area contributed by atoms with Crippen LogP contribution in [0.2, 0.25) is 0 Å². The first-order valence-corrected chi connectivity index (χ1v) is 5.70. The zero-order valence-corrected chi connectivity index (χ0v) is 9.33. The van der Waals surface area contributed by atoms with E-state index in [1.165, 1.54) is 0 Å². The van der Waals surface area contributed by atoms with Crippen LogP contribution < -0.4 is 0 Å². The number of rotatable bonds is 3. The number of nitrogens with zero attached hydrogens (tertiary/aromatic N) is 1. The Balaban J connectivity index is 2.43. The Kier molecular flexibility index (Phi) is 4.69. The van der Waals surface area contributed by atoms with Crippen LogP contribution in [0.5, 0.6) is 0 Å². The summed E-state index contributed by atoms with van der Waals surface area (Å²) in [6.07, 6.45) is 2.10. The monoisotopic (exact) mass is 219 g/mol. The first kappa shape index (κ1) is 11.8. The first-order valence-electron chi connectivity index (χ1n) is 5.17. The third-order valence-electron chi connectivity index (χ3n) is 2.80. The lowest BCUT2D eigenvalue weighted by Crippen LogP contribution is -2.42. The zero-order valence-electron chi connectivity index (χ0n) is 8.58. The molecular formula is C10H18ClNO2. The van der Waals surface area contributed by atoms with Gasteiger partial charge in [0.25, 0.3) is 0 Å². The number of amides is 1. The van der Waals surface area contributed by atoms with Gasteiger partial charge in [0, 0.05) is 31.3 Å². The molecule has 14 heavy (non-hydrogen) atoms. The molecule has 82 valence electrons. The van der Waals surface area contributed by atoms with Gasteiger partial charge in [-0.15, -0.1) is 11.6 Å². The van der Waals surface area contributed by atoms with Gasteiger partial charge in [-0.1, -0.05) is 0 Å². The Morgan fingerprint density at radius 1 is 1.71 bits per heavy atom. The Hall–Kier alpha value is -0.280. The highest BCUT2D eigenvalue weighted by Crippen LogP contribution is 2.20. The molecule has 0 aliphatic carbocycles. The summed E-state index contributed by atoms with van der Waals surface area (Å²) in [5, 5.41) is 9.44. The number of carbonyl (C=O) groups is 1. The van der Waals surface area contributed by atoms with E-state index in [1.807, 2.05) is 4.90 Å². The van der Waals surface area contributed by atoms with Crippen LogP contribution >= 0.6 is 11.6 Å². The Labute approximate surface area is 90.0 Å². The van der Waals surface area contributed by atoms with Gasteiger partial charge < -0.3 is 10.0 Å². The smallest absolute Gasteiger partial charge is 0.223 e. The number of hydrogen-bond acceptors (Lipinski definition) is 2. The molecule has 2 atom stereocenters. The van der Waals surface area contributed by atoms with E-state index in [0.717, 1.165) is 19.4 Å². The predicted molar refractivity (Wildman–Crippen MR) is 56.3 cm³/mol. The lowest BCUT2D eigenvalue weighted by molar-refractivity contribution is -0.133. The molecule has 1 aliphatic rings. The fraction of sp³-hybridized carbons (Fsp3) is 0.900. The molecule has 3 nitrogen and oxygen atoms in total. The first-order chi connectivity index (χ1) is 6.65. The van der Waals surface area contributed by atoms with Crippen molar-refractivity contribution in [2.45, 2.75) is 32.3 Å². The van der Waals surface area contributed by atoms with Crippen molar-refractivity contribution in [1.82, 2.24) is 4.90 Å². The third-order valence-corrected chi connectivity index (χ3v) is 2.99. The SMILES string of the molecule is CC(O)C1CCCN(C(=O)CCCl)C1. The van der Waals surface area contributed by atoms with Crippen molar-refractivity contribution in [3.63, 3.8) is 0 Å². The van der Waals surface area contributed by atoms with Crippen LogP contribution in [0.1, 0.15) is 26.2 Å². The molecule has 0 bridgehead atoms. The fourth-order valence-corrected chi connectivity index (χ4v) is 2.03. The van der Waals surface area contributed by atoms with Crippen molar-refractivity contribution in [2.24, 2.45) is 5.92 Å². The Morgan fingerprint density at radius 2 is 2.43 bits per heavy atom. The van der Waals surface area contributed by atoms with E-state index in [0.29, 0.717) is 18.8 Å². The van der Waals surface area contributed by atoms with E-state index < -0.39 is 0 Å². The van der Waals surface area contributed by atoms with E-state index in [4.69, 9.17) is 11.6 Å². The van der Waals surface area contributed by atoms with Gasteiger partial charge in [-0.05, 0) is 19.8 Å². The van der Waals surface area contributed by atoms with Gasteiger partial charge in [-0.3, -0.25) is 4.79 Å². The second-order valence-corrected chi connectivity index (χ2v) is 4.30. The van der Waals surface area contributed by atoms with Gasteiger partial charge >= 0.3 is 0 Å². The highest BCUT2D eigenvalue weighted by Gasteiger charge is 2.25. The van der Waals surface area contributed by atoms with Gasteiger partial charge in [-0.2, -0.15) is 0 Å². The Bertz CT molecular complexity index is 197. The summed E-state index contributed by atoms with van der Waals surface area (Å²) in [7, 11) is 0. The van der Waals surface area contributed by atoms with Crippen LogP contribution in [-0.4, -0.2) is 41.0 Å². The molecule has 0 aromatic heterocycles. The summed E-state index contributed by atoms with van der Waals surface area (Å²) in [5.74, 6) is 0.739. The summed E-state index contributed by atoms with van der Waals surface area (Å²) >= 11 is 5.52. The third kappa shape index (κ3) is 3.14. The highest BCUT2D eigenvalue weighted by molar-refractivity contribution is 6.18. The van der Waals surface area contributed by atoms with Gasteiger partial charge in [0.1, 0.15) is 0 Å². The lowest BCUT2D eigenvalue weighted by atomic mass is 9.93. The lowest BCUT2D eigenvalue weighted by Gasteiger charge is -2.34. The van der Waals surface area contributed by atoms with Crippen LogP contribution in [0.3, 0.4) is 0 Å². The van der Waals surface area contributed by atoms with Gasteiger partial charge in [0.15, 0.2) is 0 Å². The molecule has 0 aromatic rings. The second-order valence-electron chi connectivity index (χ2n) is 3.92. The molecular weight excluding hydrogens is 202 g/mol. The van der Waals surface area contributed by atoms with Crippen molar-refractivity contribution >= 4 is 17.5 Å². The van der Waals surface area contributed by atoms with E-state index in [2.05, 4.69) is 0 Å². The van der Waals surface area contributed by atoms with Crippen LogP contribution in [0.25, 0.3) is 0 Å². The van der Waals surface area contributed by atoms with Crippen molar-refractivity contribution in [2.75, 3.05) is 19.0 Å². The van der Waals surface area contributed by atoms with Crippen molar-refractivity contribution < 1.29 is 9.90 Å². The van der Waals surface area contributed by atoms with Crippen molar-refractivity contribution in [3.8, 4) is 0 Å². The molecule has 1 N–H and O–H groups in total. The molecule has 0 aromatic carbocycles. The largest absolute Gasteiger partial charge is 0.393 e. The summed E-state index contributed by atoms with van der Waals surface area (Å²) in [6, 6.07) is 0. The normalized spacial score (nSPS) is 24.8. The summed E-state index contributed by atoms with van der Waals surface area (Å²) in [6.45, 7) is 3.30. The van der Waals surface area contributed by atoms with Crippen LogP contribution in [-0.2, 0) is 4.79 Å². The molecule has 1 aliphatic heterocycles. The van der Waals surface area contributed by atoms with Crippen LogP contribution in [0.4, 0.5) is 0 Å². The molecule has 2 unspecified atom stereocenters. The highest BCUT2D eigenvalue weighted by atomic mass is 35.5. The van der Waals surface area contributed by atoms with Crippen LogP contribution in [0, 0.1) is 5.92 Å². The van der Waals surface area contributed by atoms with E-state index >= 15 is 0 Å². The number of halogens is 1. The van der Waals surface area contributed by atoms with Gasteiger partial charge in [0.2, 0.25) is 5.91 Å². The maximum absolute atomic E-state index is 11.5. The predicted octanol–water partition coefficient (Wildman–Crippen LogP) is 1.23. The van der Waals surface area contributed by atoms with Gasteiger partial charge in [0.05, 0.1) is 6.10 Å². The maximum atomic E-state index is 11.5. The number of hydrogen-bond donors (Lipinski definition) is 1. The summed E-state index contributed by atoms with van der Waals surface area (Å²) < 4.78 is 0. The molecule has 1 rings (SSSR count). The molecule has 0 saturated carbocycles. The number of alkyl halides is 1. The average Bonchev–Trinajstić information content (AvgIpc) is 2.18. The summed E-state index contributed by atoms with van der Waals surface area (Å²) in [4.78, 5) is 13.3. The quantitative estimate of drug-likeness (QED) is 0.726. The minimum atomic E-state index is -0.318. The molecule has 1 amide bonds. The Morgan fingerprint density at radius 3 is 3.00 bits per heavy atom. The van der Waals surface area contributed by atoms with E-state index in [-0.39, 0.29) is 17.9 Å². The van der Waals surface area contributed by atoms with Crippen molar-refractivity contribution in [1.29, 1.82) is 0 Å². The number of carbonyl (C=O) groups excluding carboxylic acids is 1. The summed E-state index contributed by atoms with van der Waals surface area (Å²) in [5.41, 5.74) is 0. The molecule has 4 heteroatoms. The minimum absolute atomic E-state index is 0.116. The zero-order chi connectivity index (χ0) is 10.6. The molecule has 1 saturated heterocycles. The van der Waals surface area contributed by atoms with Gasteiger partial charge in [-0.25, -0.2) is 0 Å². The average molecular weight is 220 g/mol. The van der Waals surface area contributed by atoms with Crippen LogP contribution in [0.15, 0.2) is 0 Å². The molecule has 0 radical (unpaired) electrons.